The zero-order chi connectivity index (χ0) is 17.1. The lowest BCUT2D eigenvalue weighted by Gasteiger charge is -2.34. The molecular formula is C18H25FN2O3. The second-order valence-corrected chi connectivity index (χ2v) is 6.93. The predicted molar refractivity (Wildman–Crippen MR) is 87.7 cm³/mol. The molecule has 5 nitrogen and oxygen atoms in total. The molecule has 3 rings (SSSR count). The van der Waals surface area contributed by atoms with E-state index in [1.807, 2.05) is 0 Å². The number of benzene rings is 1. The van der Waals surface area contributed by atoms with Crippen molar-refractivity contribution in [2.45, 2.75) is 43.9 Å². The van der Waals surface area contributed by atoms with E-state index in [-0.39, 0.29) is 23.7 Å². The van der Waals surface area contributed by atoms with Crippen LogP contribution in [0, 0.1) is 11.7 Å². The molecule has 2 fully saturated rings. The van der Waals surface area contributed by atoms with Crippen molar-refractivity contribution in [1.82, 2.24) is 10.2 Å². The van der Waals surface area contributed by atoms with Gasteiger partial charge in [0.15, 0.2) is 0 Å². The molecule has 2 atom stereocenters. The smallest absolute Gasteiger partial charge is 0.249 e. The molecule has 0 unspecified atom stereocenters. The maximum Gasteiger partial charge on any atom is 0.249 e. The molecule has 0 bridgehead atoms. The van der Waals surface area contributed by atoms with E-state index in [4.69, 9.17) is 0 Å². The Kier molecular flexibility index (Phi) is 5.48. The number of hydrogen-bond donors (Lipinski definition) is 3. The number of likely N-dealkylation sites (tertiary alicyclic amines) is 1. The normalized spacial score (nSPS) is 22.1. The van der Waals surface area contributed by atoms with Crippen LogP contribution in [0.1, 0.15) is 37.4 Å². The average Bonchev–Trinajstić information content (AvgIpc) is 3.39. The zero-order valence-electron chi connectivity index (χ0n) is 13.7. The fraction of sp³-hybridized carbons (Fsp3) is 0.611. The van der Waals surface area contributed by atoms with E-state index >= 15 is 0 Å². The van der Waals surface area contributed by atoms with E-state index in [0.29, 0.717) is 12.1 Å². The van der Waals surface area contributed by atoms with Gasteiger partial charge in [-0.15, -0.1) is 0 Å². The highest BCUT2D eigenvalue weighted by Gasteiger charge is 2.33. The van der Waals surface area contributed by atoms with Gasteiger partial charge in [-0.05, 0) is 62.4 Å². The Morgan fingerprint density at radius 3 is 2.38 bits per heavy atom. The van der Waals surface area contributed by atoms with Gasteiger partial charge in [0.2, 0.25) is 5.91 Å². The third-order valence-corrected chi connectivity index (χ3v) is 4.96. The minimum Gasteiger partial charge on any atom is -0.387 e. The number of rotatable bonds is 6. The van der Waals surface area contributed by atoms with Crippen LogP contribution in [0.25, 0.3) is 0 Å². The lowest BCUT2D eigenvalue weighted by atomic mass is 9.90. The van der Waals surface area contributed by atoms with Crippen LogP contribution >= 0.6 is 0 Å². The van der Waals surface area contributed by atoms with E-state index < -0.39 is 12.2 Å². The third-order valence-electron chi connectivity index (χ3n) is 4.96. The number of β-amino-alcohol motifs (C(OH)–C–C–N with tert-alkyl or cyclic N) is 1. The summed E-state index contributed by atoms with van der Waals surface area (Å²) in [7, 11) is 0. The van der Waals surface area contributed by atoms with Gasteiger partial charge in [-0.2, -0.15) is 0 Å². The quantitative estimate of drug-likeness (QED) is 0.730. The van der Waals surface area contributed by atoms with Crippen LogP contribution in [0.2, 0.25) is 0 Å². The molecule has 6 heteroatoms. The number of amides is 1. The summed E-state index contributed by atoms with van der Waals surface area (Å²) >= 11 is 0. The Labute approximate surface area is 141 Å². The molecule has 0 spiro atoms. The summed E-state index contributed by atoms with van der Waals surface area (Å²) in [6.07, 6.45) is 1.89. The number of halogens is 1. The molecule has 1 heterocycles. The van der Waals surface area contributed by atoms with E-state index in [1.54, 1.807) is 12.1 Å². The summed E-state index contributed by atoms with van der Waals surface area (Å²) in [5.41, 5.74) is 0.697. The molecule has 3 N–H and O–H groups in total. The lowest BCUT2D eigenvalue weighted by Crippen LogP contribution is -2.45. The van der Waals surface area contributed by atoms with Crippen LogP contribution in [-0.2, 0) is 4.79 Å². The van der Waals surface area contributed by atoms with Crippen LogP contribution in [-0.4, -0.2) is 52.8 Å². The van der Waals surface area contributed by atoms with Gasteiger partial charge in [0.1, 0.15) is 11.9 Å². The zero-order valence-corrected chi connectivity index (χ0v) is 13.7. The number of nitrogens with one attached hydrogen (secondary N) is 1. The van der Waals surface area contributed by atoms with Gasteiger partial charge in [-0.1, -0.05) is 12.1 Å². The first-order chi connectivity index (χ1) is 11.5. The van der Waals surface area contributed by atoms with Crippen molar-refractivity contribution < 1.29 is 19.4 Å². The van der Waals surface area contributed by atoms with Crippen LogP contribution in [0.5, 0.6) is 0 Å². The minimum absolute atomic E-state index is 0.0250. The molecule has 1 aromatic rings. The molecule has 0 aromatic heterocycles. The molecular weight excluding hydrogens is 311 g/mol. The maximum atomic E-state index is 12.9. The summed E-state index contributed by atoms with van der Waals surface area (Å²) in [6, 6.07) is 6.15. The highest BCUT2D eigenvalue weighted by atomic mass is 19.1. The Bertz CT molecular complexity index is 554. The molecule has 1 amide bonds. The molecule has 1 aliphatic carbocycles. The molecule has 0 radical (unpaired) electrons. The number of carbonyl (C=O) groups excluding carboxylic acids is 1. The molecule has 132 valence electrons. The first-order valence-electron chi connectivity index (χ1n) is 8.67. The number of aliphatic hydroxyl groups excluding tert-OH is 2. The van der Waals surface area contributed by atoms with Crippen LogP contribution < -0.4 is 5.32 Å². The summed E-state index contributed by atoms with van der Waals surface area (Å²) < 4.78 is 12.9. The topological polar surface area (TPSA) is 72.8 Å². The monoisotopic (exact) mass is 336 g/mol. The first-order valence-corrected chi connectivity index (χ1v) is 8.67. The van der Waals surface area contributed by atoms with Crippen molar-refractivity contribution in [3.8, 4) is 0 Å². The van der Waals surface area contributed by atoms with Gasteiger partial charge in [-0.25, -0.2) is 4.39 Å². The Hall–Kier alpha value is -1.50. The van der Waals surface area contributed by atoms with Crippen molar-refractivity contribution in [2.24, 2.45) is 5.92 Å². The standard InChI is InChI=1S/C18H25FN2O3/c19-14-3-1-12(2-4-14)16(22)11-21-9-7-13(8-10-21)17(23)18(24)20-15-5-6-15/h1-4,13,15-17,22-23H,5-11H2,(H,20,24)/t16-,17+/m0/s1. The average molecular weight is 336 g/mol. The molecule has 1 aliphatic heterocycles. The summed E-state index contributed by atoms with van der Waals surface area (Å²) in [6.45, 7) is 1.94. The first kappa shape index (κ1) is 17.3. The minimum atomic E-state index is -0.935. The number of nitrogens with zero attached hydrogens (tertiary/aromatic N) is 1. The second-order valence-electron chi connectivity index (χ2n) is 6.93. The predicted octanol–water partition coefficient (Wildman–Crippen LogP) is 1.21. The van der Waals surface area contributed by atoms with Crippen molar-refractivity contribution in [3.63, 3.8) is 0 Å². The fourth-order valence-electron chi connectivity index (χ4n) is 3.21. The molecule has 24 heavy (non-hydrogen) atoms. The van der Waals surface area contributed by atoms with Crippen molar-refractivity contribution in [1.29, 1.82) is 0 Å². The van der Waals surface area contributed by atoms with Crippen molar-refractivity contribution >= 4 is 5.91 Å². The summed E-state index contributed by atoms with van der Waals surface area (Å²) in [4.78, 5) is 14.0. The number of carbonyl (C=O) groups is 1. The Morgan fingerprint density at radius 1 is 1.17 bits per heavy atom. The number of aliphatic hydroxyl groups is 2. The van der Waals surface area contributed by atoms with Crippen molar-refractivity contribution in [2.75, 3.05) is 19.6 Å². The summed E-state index contributed by atoms with van der Waals surface area (Å²) in [5, 5.41) is 23.3. The third kappa shape index (κ3) is 4.53. The van der Waals surface area contributed by atoms with E-state index in [1.165, 1.54) is 12.1 Å². The van der Waals surface area contributed by atoms with Crippen LogP contribution in [0.15, 0.2) is 24.3 Å². The van der Waals surface area contributed by atoms with Gasteiger partial charge in [0.05, 0.1) is 6.10 Å². The number of piperidine rings is 1. The van der Waals surface area contributed by atoms with Crippen molar-refractivity contribution in [3.05, 3.63) is 35.6 Å². The van der Waals surface area contributed by atoms with E-state index in [2.05, 4.69) is 10.2 Å². The molecule has 1 saturated heterocycles. The van der Waals surface area contributed by atoms with Gasteiger partial charge in [-0.3, -0.25) is 4.79 Å². The molecule has 2 aliphatic rings. The highest BCUT2D eigenvalue weighted by Crippen LogP contribution is 2.25. The molecule has 1 aromatic carbocycles. The number of hydrogen-bond acceptors (Lipinski definition) is 4. The Morgan fingerprint density at radius 2 is 1.79 bits per heavy atom. The van der Waals surface area contributed by atoms with E-state index in [9.17, 15) is 19.4 Å². The van der Waals surface area contributed by atoms with Gasteiger partial charge >= 0.3 is 0 Å². The Balaban J connectivity index is 1.44. The van der Waals surface area contributed by atoms with Crippen LogP contribution in [0.3, 0.4) is 0 Å². The van der Waals surface area contributed by atoms with Gasteiger partial charge in [0.25, 0.3) is 0 Å². The maximum absolute atomic E-state index is 12.9. The van der Waals surface area contributed by atoms with Crippen LogP contribution in [0.4, 0.5) is 4.39 Å². The SMILES string of the molecule is O=C(NC1CC1)[C@H](O)C1CCN(C[C@H](O)c2ccc(F)cc2)CC1. The largest absolute Gasteiger partial charge is 0.387 e. The molecule has 1 saturated carbocycles. The lowest BCUT2D eigenvalue weighted by molar-refractivity contribution is -0.133. The highest BCUT2D eigenvalue weighted by molar-refractivity contribution is 5.81. The van der Waals surface area contributed by atoms with Gasteiger partial charge < -0.3 is 20.4 Å². The van der Waals surface area contributed by atoms with Gasteiger partial charge in [0, 0.05) is 12.6 Å². The second kappa shape index (κ2) is 7.59. The summed E-state index contributed by atoms with van der Waals surface area (Å²) in [5.74, 6) is -0.588. The fourth-order valence-corrected chi connectivity index (χ4v) is 3.21. The van der Waals surface area contributed by atoms with E-state index in [0.717, 1.165) is 38.8 Å².